The number of fused-ring (bicyclic) bond motifs is 1. The Kier molecular flexibility index (Phi) is 4.87. The summed E-state index contributed by atoms with van der Waals surface area (Å²) >= 11 is 0. The van der Waals surface area contributed by atoms with E-state index in [4.69, 9.17) is 5.11 Å². The lowest BCUT2D eigenvalue weighted by atomic mass is 9.94. The van der Waals surface area contributed by atoms with Gasteiger partial charge in [-0.15, -0.1) is 0 Å². The number of carbonyl (C=O) groups is 4. The fraction of sp³-hybridized carbons (Fsp3) is 0.350. The minimum absolute atomic E-state index is 0.0772. The Hall–Kier alpha value is -3.49. The van der Waals surface area contributed by atoms with Gasteiger partial charge in [0, 0.05) is 23.9 Å². The molecule has 0 saturated heterocycles. The number of aromatic nitrogens is 2. The second-order valence-corrected chi connectivity index (χ2v) is 7.28. The number of carbonyl (C=O) groups excluding carboxylic acids is 3. The Morgan fingerprint density at radius 2 is 1.79 bits per heavy atom. The predicted molar refractivity (Wildman–Crippen MR) is 102 cm³/mol. The predicted octanol–water partition coefficient (Wildman–Crippen LogP) is 2.15. The summed E-state index contributed by atoms with van der Waals surface area (Å²) < 4.78 is 1.19. The van der Waals surface area contributed by atoms with Crippen LogP contribution >= 0.6 is 0 Å². The topological polar surface area (TPSA) is 122 Å². The maximum atomic E-state index is 12.8. The summed E-state index contributed by atoms with van der Waals surface area (Å²) in [5.41, 5.74) is 0.788. The number of rotatable bonds is 5. The summed E-state index contributed by atoms with van der Waals surface area (Å²) in [6.07, 6.45) is 6.19. The molecule has 0 atom stereocenters. The average molecular weight is 396 g/mol. The third-order valence-corrected chi connectivity index (χ3v) is 5.30. The number of nitrogens with zero attached hydrogens (tertiary/aromatic N) is 3. The molecule has 1 aromatic heterocycles. The fourth-order valence-corrected chi connectivity index (χ4v) is 3.92. The second kappa shape index (κ2) is 7.50. The lowest BCUT2D eigenvalue weighted by molar-refractivity contribution is -0.137. The van der Waals surface area contributed by atoms with Crippen LogP contribution in [0.5, 0.6) is 0 Å². The molecule has 1 aliphatic heterocycles. The first-order chi connectivity index (χ1) is 13.9. The normalized spacial score (nSPS) is 16.8. The first-order valence-electron chi connectivity index (χ1n) is 9.52. The Balaban J connectivity index is 1.51. The van der Waals surface area contributed by atoms with Gasteiger partial charge < -0.3 is 10.4 Å². The molecule has 9 heteroatoms. The van der Waals surface area contributed by atoms with Crippen molar-refractivity contribution in [3.63, 3.8) is 0 Å². The summed E-state index contributed by atoms with van der Waals surface area (Å²) in [5.74, 6) is -1.99. The van der Waals surface area contributed by atoms with E-state index in [0.717, 1.165) is 32.1 Å². The van der Waals surface area contributed by atoms with Gasteiger partial charge in [0.05, 0.1) is 11.1 Å². The molecule has 2 heterocycles. The fourth-order valence-electron chi connectivity index (χ4n) is 3.92. The zero-order valence-electron chi connectivity index (χ0n) is 15.6. The van der Waals surface area contributed by atoms with E-state index in [1.807, 2.05) is 0 Å². The van der Waals surface area contributed by atoms with Gasteiger partial charge in [0.2, 0.25) is 0 Å². The molecular formula is C20H20N4O5. The van der Waals surface area contributed by atoms with Crippen LogP contribution in [-0.2, 0) is 11.3 Å². The molecule has 1 fully saturated rings. The third kappa shape index (κ3) is 3.63. The molecule has 2 aromatic rings. The van der Waals surface area contributed by atoms with Gasteiger partial charge in [-0.3, -0.25) is 28.8 Å². The van der Waals surface area contributed by atoms with E-state index in [-0.39, 0.29) is 41.3 Å². The van der Waals surface area contributed by atoms with E-state index < -0.39 is 11.9 Å². The highest BCUT2D eigenvalue weighted by atomic mass is 16.4. The molecule has 2 N–H and O–H groups in total. The van der Waals surface area contributed by atoms with Crippen LogP contribution in [0, 0.1) is 0 Å². The number of hydrogen-bond acceptors (Lipinski definition) is 5. The van der Waals surface area contributed by atoms with Gasteiger partial charge >= 0.3 is 5.97 Å². The SMILES string of the molecule is O=C(O)Cn1ccc(NC(=O)c2ccc3c(c2)C(=O)N(C2CCCCC2)C3=O)n1. The van der Waals surface area contributed by atoms with Gasteiger partial charge in [-0.05, 0) is 31.0 Å². The average Bonchev–Trinajstić information content (AvgIpc) is 3.23. The molecule has 0 spiro atoms. The van der Waals surface area contributed by atoms with Crippen LogP contribution in [0.3, 0.4) is 0 Å². The molecule has 0 bridgehead atoms. The molecule has 29 heavy (non-hydrogen) atoms. The molecule has 1 aromatic carbocycles. The molecule has 150 valence electrons. The molecular weight excluding hydrogens is 376 g/mol. The van der Waals surface area contributed by atoms with Crippen molar-refractivity contribution in [1.82, 2.24) is 14.7 Å². The largest absolute Gasteiger partial charge is 0.480 e. The highest BCUT2D eigenvalue weighted by Gasteiger charge is 2.40. The lowest BCUT2D eigenvalue weighted by Gasteiger charge is -2.29. The summed E-state index contributed by atoms with van der Waals surface area (Å²) in [6.45, 7) is -0.317. The summed E-state index contributed by atoms with van der Waals surface area (Å²) in [4.78, 5) is 50.2. The Morgan fingerprint density at radius 1 is 1.07 bits per heavy atom. The molecule has 0 unspecified atom stereocenters. The lowest BCUT2D eigenvalue weighted by Crippen LogP contribution is -2.40. The molecule has 4 rings (SSSR count). The monoisotopic (exact) mass is 396 g/mol. The van der Waals surface area contributed by atoms with Gasteiger partial charge in [-0.25, -0.2) is 0 Å². The summed E-state index contributed by atoms with van der Waals surface area (Å²) in [6, 6.07) is 5.84. The molecule has 1 aliphatic carbocycles. The van der Waals surface area contributed by atoms with Gasteiger partial charge in [-0.1, -0.05) is 19.3 Å². The standard InChI is InChI=1S/C20H20N4O5/c25-17(26)11-23-9-8-16(22-23)21-18(27)12-6-7-14-15(10-12)20(29)24(19(14)28)13-4-2-1-3-5-13/h6-10,13H,1-5,11H2,(H,25,26)(H,21,22,27). The molecule has 3 amide bonds. The number of hydrogen-bond donors (Lipinski definition) is 2. The molecule has 9 nitrogen and oxygen atoms in total. The number of carboxylic acid groups (broad SMARTS) is 1. The van der Waals surface area contributed by atoms with Gasteiger partial charge in [-0.2, -0.15) is 5.10 Å². The van der Waals surface area contributed by atoms with E-state index in [1.54, 1.807) is 0 Å². The number of anilines is 1. The van der Waals surface area contributed by atoms with Gasteiger partial charge in [0.25, 0.3) is 17.7 Å². The van der Waals surface area contributed by atoms with Crippen molar-refractivity contribution in [1.29, 1.82) is 0 Å². The smallest absolute Gasteiger partial charge is 0.325 e. The summed E-state index contributed by atoms with van der Waals surface area (Å²) in [7, 11) is 0. The van der Waals surface area contributed by atoms with Crippen LogP contribution in [0.1, 0.15) is 63.2 Å². The maximum Gasteiger partial charge on any atom is 0.325 e. The van der Waals surface area contributed by atoms with E-state index in [9.17, 15) is 19.2 Å². The van der Waals surface area contributed by atoms with Crippen molar-refractivity contribution in [2.45, 2.75) is 44.7 Å². The first-order valence-corrected chi connectivity index (χ1v) is 9.52. The van der Waals surface area contributed by atoms with E-state index in [1.165, 1.54) is 40.0 Å². The molecule has 0 radical (unpaired) electrons. The maximum absolute atomic E-state index is 12.8. The van der Waals surface area contributed by atoms with Crippen molar-refractivity contribution in [3.8, 4) is 0 Å². The number of amides is 3. The van der Waals surface area contributed by atoms with E-state index in [0.29, 0.717) is 5.56 Å². The number of carboxylic acids is 1. The number of benzene rings is 1. The number of nitrogens with one attached hydrogen (secondary N) is 1. The van der Waals surface area contributed by atoms with Crippen LogP contribution in [0.25, 0.3) is 0 Å². The van der Waals surface area contributed by atoms with Crippen molar-refractivity contribution < 1.29 is 24.3 Å². The van der Waals surface area contributed by atoms with Crippen LogP contribution < -0.4 is 5.32 Å². The Labute approximate surface area is 166 Å². The van der Waals surface area contributed by atoms with Crippen LogP contribution in [0.4, 0.5) is 5.82 Å². The van der Waals surface area contributed by atoms with Crippen LogP contribution in [0.15, 0.2) is 30.5 Å². The van der Waals surface area contributed by atoms with E-state index >= 15 is 0 Å². The van der Waals surface area contributed by atoms with Crippen molar-refractivity contribution in [2.24, 2.45) is 0 Å². The van der Waals surface area contributed by atoms with Crippen LogP contribution in [0.2, 0.25) is 0 Å². The van der Waals surface area contributed by atoms with Crippen molar-refractivity contribution >= 4 is 29.5 Å². The minimum Gasteiger partial charge on any atom is -0.480 e. The zero-order valence-corrected chi connectivity index (χ0v) is 15.6. The van der Waals surface area contributed by atoms with E-state index in [2.05, 4.69) is 10.4 Å². The molecule has 1 saturated carbocycles. The first kappa shape index (κ1) is 18.9. The zero-order chi connectivity index (χ0) is 20.5. The Morgan fingerprint density at radius 3 is 2.52 bits per heavy atom. The number of aliphatic carboxylic acids is 1. The van der Waals surface area contributed by atoms with Gasteiger partial charge in [0.1, 0.15) is 6.54 Å². The second-order valence-electron chi connectivity index (χ2n) is 7.28. The van der Waals surface area contributed by atoms with Crippen molar-refractivity contribution in [2.75, 3.05) is 5.32 Å². The minimum atomic E-state index is -1.05. The van der Waals surface area contributed by atoms with Crippen LogP contribution in [-0.4, -0.2) is 49.5 Å². The summed E-state index contributed by atoms with van der Waals surface area (Å²) in [5, 5.41) is 15.3. The Bertz CT molecular complexity index is 1010. The molecule has 2 aliphatic rings. The van der Waals surface area contributed by atoms with Gasteiger partial charge in [0.15, 0.2) is 5.82 Å². The van der Waals surface area contributed by atoms with Crippen molar-refractivity contribution in [3.05, 3.63) is 47.2 Å². The highest BCUT2D eigenvalue weighted by molar-refractivity contribution is 6.22. The number of imide groups is 1. The highest BCUT2D eigenvalue weighted by Crippen LogP contribution is 2.31. The third-order valence-electron chi connectivity index (χ3n) is 5.30. The quantitative estimate of drug-likeness (QED) is 0.747.